The lowest BCUT2D eigenvalue weighted by molar-refractivity contribution is -0.142. The summed E-state index contributed by atoms with van der Waals surface area (Å²) >= 11 is 11.7. The first-order valence-corrected chi connectivity index (χ1v) is 8.23. The van der Waals surface area contributed by atoms with Crippen molar-refractivity contribution >= 4 is 46.8 Å². The second-order valence-corrected chi connectivity index (χ2v) is 6.27. The summed E-state index contributed by atoms with van der Waals surface area (Å²) in [6.07, 6.45) is 0. The molecule has 2 aromatic rings. The Labute approximate surface area is 158 Å². The van der Waals surface area contributed by atoms with Crippen molar-refractivity contribution in [3.05, 3.63) is 69.2 Å². The Bertz CT molecular complexity index is 886. The van der Waals surface area contributed by atoms with Gasteiger partial charge in [0, 0.05) is 5.56 Å². The van der Waals surface area contributed by atoms with Gasteiger partial charge in [-0.25, -0.2) is 0 Å². The zero-order chi connectivity index (χ0) is 18.8. The molecule has 0 saturated heterocycles. The van der Waals surface area contributed by atoms with Crippen LogP contribution in [-0.2, 0) is 9.53 Å². The zero-order valence-corrected chi connectivity index (χ0v) is 14.7. The number of carbonyl (C=O) groups is 4. The van der Waals surface area contributed by atoms with E-state index >= 15 is 0 Å². The van der Waals surface area contributed by atoms with Crippen molar-refractivity contribution in [2.45, 2.75) is 0 Å². The minimum atomic E-state index is -0.874. The second-order valence-electron chi connectivity index (χ2n) is 5.46. The van der Waals surface area contributed by atoms with Crippen molar-refractivity contribution in [2.75, 3.05) is 13.2 Å². The Hall–Kier alpha value is -2.70. The highest BCUT2D eigenvalue weighted by Gasteiger charge is 2.37. The number of hydrogen-bond donors (Lipinski definition) is 0. The highest BCUT2D eigenvalue weighted by Crippen LogP contribution is 2.31. The van der Waals surface area contributed by atoms with Crippen LogP contribution in [0, 0.1) is 0 Å². The normalized spacial score (nSPS) is 12.9. The lowest BCUT2D eigenvalue weighted by atomic mass is 10.1. The van der Waals surface area contributed by atoms with Crippen LogP contribution in [0.25, 0.3) is 0 Å². The van der Waals surface area contributed by atoms with Gasteiger partial charge in [0.25, 0.3) is 11.8 Å². The van der Waals surface area contributed by atoms with Crippen LogP contribution in [0.15, 0.2) is 42.5 Å². The predicted octanol–water partition coefficient (Wildman–Crippen LogP) is 3.02. The maximum atomic E-state index is 12.3. The van der Waals surface area contributed by atoms with E-state index in [1.807, 2.05) is 0 Å². The van der Waals surface area contributed by atoms with E-state index in [-0.39, 0.29) is 27.0 Å². The molecule has 2 aromatic carbocycles. The third kappa shape index (κ3) is 3.47. The molecule has 132 valence electrons. The number of nitrogens with zero attached hydrogens (tertiary/aromatic N) is 1. The lowest BCUT2D eigenvalue weighted by Gasteiger charge is -2.12. The first kappa shape index (κ1) is 18.1. The molecule has 0 aliphatic carbocycles. The molecular formula is C18H11Cl2NO5. The average molecular weight is 392 g/mol. The summed E-state index contributed by atoms with van der Waals surface area (Å²) in [5, 5.41) is 0.258. The number of Topliss-reactive ketones (excluding diaryl/α,β-unsaturated/α-hetero) is 1. The fourth-order valence-corrected chi connectivity index (χ4v) is 2.78. The molecule has 6 nitrogen and oxygen atoms in total. The highest BCUT2D eigenvalue weighted by molar-refractivity contribution is 6.43. The van der Waals surface area contributed by atoms with Gasteiger partial charge >= 0.3 is 5.97 Å². The Morgan fingerprint density at radius 1 is 0.923 bits per heavy atom. The summed E-state index contributed by atoms with van der Waals surface area (Å²) in [7, 11) is 0. The fourth-order valence-electron chi connectivity index (χ4n) is 2.46. The van der Waals surface area contributed by atoms with Crippen LogP contribution in [0.3, 0.4) is 0 Å². The molecule has 1 aliphatic heterocycles. The number of halogens is 2. The minimum Gasteiger partial charge on any atom is -0.456 e. The summed E-state index contributed by atoms with van der Waals surface area (Å²) in [4.78, 5) is 49.2. The van der Waals surface area contributed by atoms with E-state index in [4.69, 9.17) is 27.9 Å². The third-order valence-corrected chi connectivity index (χ3v) is 4.48. The van der Waals surface area contributed by atoms with Gasteiger partial charge in [0.05, 0.1) is 21.2 Å². The van der Waals surface area contributed by atoms with Gasteiger partial charge in [-0.15, -0.1) is 0 Å². The van der Waals surface area contributed by atoms with Crippen molar-refractivity contribution in [2.24, 2.45) is 0 Å². The van der Waals surface area contributed by atoms with E-state index < -0.39 is 30.9 Å². The first-order chi connectivity index (χ1) is 12.4. The van der Waals surface area contributed by atoms with Gasteiger partial charge in [0.2, 0.25) is 0 Å². The molecule has 0 radical (unpaired) electrons. The molecule has 0 spiro atoms. The average Bonchev–Trinajstić information content (AvgIpc) is 2.85. The molecule has 0 unspecified atom stereocenters. The Kier molecular flexibility index (Phi) is 5.06. The molecule has 26 heavy (non-hydrogen) atoms. The number of esters is 1. The molecular weight excluding hydrogens is 381 g/mol. The van der Waals surface area contributed by atoms with Gasteiger partial charge in [-0.3, -0.25) is 24.1 Å². The summed E-state index contributed by atoms with van der Waals surface area (Å²) in [6, 6.07) is 10.9. The molecule has 2 amide bonds. The third-order valence-electron chi connectivity index (χ3n) is 3.76. The van der Waals surface area contributed by atoms with Crippen molar-refractivity contribution in [1.29, 1.82) is 0 Å². The number of ether oxygens (including phenoxy) is 1. The number of rotatable bonds is 5. The monoisotopic (exact) mass is 391 g/mol. The summed E-state index contributed by atoms with van der Waals surface area (Å²) in [5.41, 5.74) is 0.528. The van der Waals surface area contributed by atoms with Crippen LogP contribution in [0.4, 0.5) is 0 Å². The Balaban J connectivity index is 1.64. The summed E-state index contributed by atoms with van der Waals surface area (Å²) < 4.78 is 4.88. The number of fused-ring (bicyclic) bond motifs is 1. The van der Waals surface area contributed by atoms with Crippen molar-refractivity contribution in [3.63, 3.8) is 0 Å². The van der Waals surface area contributed by atoms with Crippen LogP contribution in [-0.4, -0.2) is 41.6 Å². The summed E-state index contributed by atoms with van der Waals surface area (Å²) in [5.74, 6) is -2.61. The van der Waals surface area contributed by atoms with Gasteiger partial charge in [0.15, 0.2) is 12.4 Å². The molecule has 0 fully saturated rings. The molecule has 1 heterocycles. The largest absolute Gasteiger partial charge is 0.456 e. The van der Waals surface area contributed by atoms with E-state index in [1.165, 1.54) is 12.1 Å². The predicted molar refractivity (Wildman–Crippen MR) is 93.6 cm³/mol. The molecule has 8 heteroatoms. The van der Waals surface area contributed by atoms with E-state index in [1.54, 1.807) is 30.3 Å². The van der Waals surface area contributed by atoms with Crippen LogP contribution >= 0.6 is 23.2 Å². The Morgan fingerprint density at radius 3 is 2.00 bits per heavy atom. The standard InChI is InChI=1S/C18H11Cl2NO5/c19-13-6-11-12(7-14(13)20)18(25)21(17(11)24)8-16(23)26-9-15(22)10-4-2-1-3-5-10/h1-7H,8-9H2. The van der Waals surface area contributed by atoms with Gasteiger partial charge in [-0.1, -0.05) is 53.5 Å². The first-order valence-electron chi connectivity index (χ1n) is 7.47. The Morgan fingerprint density at radius 2 is 1.46 bits per heavy atom. The number of amides is 2. The quantitative estimate of drug-likeness (QED) is 0.444. The van der Waals surface area contributed by atoms with Gasteiger partial charge in [-0.05, 0) is 12.1 Å². The van der Waals surface area contributed by atoms with Crippen LogP contribution in [0.5, 0.6) is 0 Å². The number of imide groups is 1. The SMILES string of the molecule is O=C(CN1C(=O)c2cc(Cl)c(Cl)cc2C1=O)OCC(=O)c1ccccc1. The molecule has 3 rings (SSSR count). The van der Waals surface area contributed by atoms with E-state index in [0.717, 1.165) is 4.90 Å². The minimum absolute atomic E-state index is 0.0672. The number of benzene rings is 2. The zero-order valence-electron chi connectivity index (χ0n) is 13.2. The van der Waals surface area contributed by atoms with E-state index in [9.17, 15) is 19.2 Å². The van der Waals surface area contributed by atoms with Crippen LogP contribution < -0.4 is 0 Å². The molecule has 0 aromatic heterocycles. The molecule has 1 aliphatic rings. The van der Waals surface area contributed by atoms with E-state index in [0.29, 0.717) is 5.56 Å². The smallest absolute Gasteiger partial charge is 0.326 e. The maximum Gasteiger partial charge on any atom is 0.326 e. The second kappa shape index (κ2) is 7.27. The van der Waals surface area contributed by atoms with Crippen molar-refractivity contribution in [1.82, 2.24) is 4.90 Å². The number of ketones is 1. The van der Waals surface area contributed by atoms with Crippen molar-refractivity contribution < 1.29 is 23.9 Å². The fraction of sp³-hybridized carbons (Fsp3) is 0.111. The number of hydrogen-bond acceptors (Lipinski definition) is 5. The van der Waals surface area contributed by atoms with Gasteiger partial charge in [-0.2, -0.15) is 0 Å². The number of carbonyl (C=O) groups excluding carboxylic acids is 4. The van der Waals surface area contributed by atoms with Crippen LogP contribution in [0.2, 0.25) is 10.0 Å². The van der Waals surface area contributed by atoms with Gasteiger partial charge < -0.3 is 4.74 Å². The van der Waals surface area contributed by atoms with Crippen LogP contribution in [0.1, 0.15) is 31.1 Å². The molecule has 0 N–H and O–H groups in total. The summed E-state index contributed by atoms with van der Waals surface area (Å²) in [6.45, 7) is -1.09. The molecule has 0 saturated carbocycles. The van der Waals surface area contributed by atoms with Crippen molar-refractivity contribution in [3.8, 4) is 0 Å². The lowest BCUT2D eigenvalue weighted by Crippen LogP contribution is -2.36. The van der Waals surface area contributed by atoms with Gasteiger partial charge in [0.1, 0.15) is 6.54 Å². The molecule has 0 atom stereocenters. The molecule has 0 bridgehead atoms. The van der Waals surface area contributed by atoms with E-state index in [2.05, 4.69) is 0 Å². The maximum absolute atomic E-state index is 12.3. The topological polar surface area (TPSA) is 80.8 Å². The highest BCUT2D eigenvalue weighted by atomic mass is 35.5.